The first-order chi connectivity index (χ1) is 11.7. The minimum atomic E-state index is -0.241. The number of methoxy groups -OCH3 is 1. The lowest BCUT2D eigenvalue weighted by Crippen LogP contribution is -2.29. The van der Waals surface area contributed by atoms with E-state index in [0.717, 1.165) is 23.3 Å². The maximum absolute atomic E-state index is 12.8. The quantitative estimate of drug-likeness (QED) is 0.695. The van der Waals surface area contributed by atoms with E-state index < -0.39 is 0 Å². The van der Waals surface area contributed by atoms with Crippen molar-refractivity contribution >= 4 is 5.91 Å². The summed E-state index contributed by atoms with van der Waals surface area (Å²) in [5.74, 6) is 0.611. The summed E-state index contributed by atoms with van der Waals surface area (Å²) in [5.41, 5.74) is 2.15. The normalized spacial score (nSPS) is 10.4. The van der Waals surface area contributed by atoms with Gasteiger partial charge in [-0.25, -0.2) is 4.39 Å². The summed E-state index contributed by atoms with van der Waals surface area (Å²) < 4.78 is 17.9. The predicted molar refractivity (Wildman–Crippen MR) is 92.4 cm³/mol. The number of carbonyl (C=O) groups is 1. The van der Waals surface area contributed by atoms with E-state index in [9.17, 15) is 9.18 Å². The van der Waals surface area contributed by atoms with E-state index in [4.69, 9.17) is 4.74 Å². The van der Waals surface area contributed by atoms with Crippen LogP contribution in [0.5, 0.6) is 5.75 Å². The number of ether oxygens (including phenoxy) is 1. The first-order valence-electron chi connectivity index (χ1n) is 8.02. The average molecular weight is 330 g/mol. The SMILES string of the molecule is COc1ccc(CCNC(=O)CCNCc2ccc(F)cc2)cc1. The third-order valence-electron chi connectivity index (χ3n) is 3.67. The van der Waals surface area contributed by atoms with Crippen LogP contribution in [0.15, 0.2) is 48.5 Å². The molecule has 24 heavy (non-hydrogen) atoms. The molecule has 0 aliphatic heterocycles. The number of rotatable bonds is 9. The molecule has 0 aromatic heterocycles. The van der Waals surface area contributed by atoms with Gasteiger partial charge in [-0.05, 0) is 41.8 Å². The Bertz CT molecular complexity index is 627. The van der Waals surface area contributed by atoms with Crippen molar-refractivity contribution in [1.82, 2.24) is 10.6 Å². The van der Waals surface area contributed by atoms with Crippen LogP contribution < -0.4 is 15.4 Å². The van der Waals surface area contributed by atoms with Gasteiger partial charge in [-0.15, -0.1) is 0 Å². The molecular formula is C19H23FN2O2. The van der Waals surface area contributed by atoms with E-state index >= 15 is 0 Å². The first kappa shape index (κ1) is 17.9. The zero-order valence-corrected chi connectivity index (χ0v) is 13.8. The molecular weight excluding hydrogens is 307 g/mol. The van der Waals surface area contributed by atoms with E-state index in [2.05, 4.69) is 10.6 Å². The second kappa shape index (κ2) is 9.67. The molecule has 0 saturated heterocycles. The number of hydrogen-bond donors (Lipinski definition) is 2. The van der Waals surface area contributed by atoms with Crippen molar-refractivity contribution in [3.8, 4) is 5.75 Å². The molecule has 128 valence electrons. The van der Waals surface area contributed by atoms with Crippen LogP contribution >= 0.6 is 0 Å². The van der Waals surface area contributed by atoms with Crippen molar-refractivity contribution < 1.29 is 13.9 Å². The molecule has 0 fully saturated rings. The zero-order valence-electron chi connectivity index (χ0n) is 13.8. The molecule has 0 unspecified atom stereocenters. The van der Waals surface area contributed by atoms with Gasteiger partial charge in [0.15, 0.2) is 0 Å². The van der Waals surface area contributed by atoms with Crippen molar-refractivity contribution in [2.45, 2.75) is 19.4 Å². The van der Waals surface area contributed by atoms with Crippen LogP contribution in [0.25, 0.3) is 0 Å². The molecule has 0 atom stereocenters. The lowest BCUT2D eigenvalue weighted by Gasteiger charge is -2.07. The molecule has 0 radical (unpaired) electrons. The Hall–Kier alpha value is -2.40. The summed E-state index contributed by atoms with van der Waals surface area (Å²) in [4.78, 5) is 11.8. The van der Waals surface area contributed by atoms with Gasteiger partial charge in [0.1, 0.15) is 11.6 Å². The van der Waals surface area contributed by atoms with Gasteiger partial charge in [-0.3, -0.25) is 4.79 Å². The van der Waals surface area contributed by atoms with Gasteiger partial charge in [0.05, 0.1) is 7.11 Å². The molecule has 2 aromatic rings. The highest BCUT2D eigenvalue weighted by molar-refractivity contribution is 5.76. The molecule has 0 heterocycles. The molecule has 2 rings (SSSR count). The second-order valence-corrected chi connectivity index (χ2v) is 5.50. The Morgan fingerprint density at radius 1 is 1.00 bits per heavy atom. The van der Waals surface area contributed by atoms with E-state index in [1.807, 2.05) is 24.3 Å². The smallest absolute Gasteiger partial charge is 0.221 e. The topological polar surface area (TPSA) is 50.4 Å². The van der Waals surface area contributed by atoms with Crippen LogP contribution in [0.1, 0.15) is 17.5 Å². The van der Waals surface area contributed by atoms with E-state index in [0.29, 0.717) is 26.1 Å². The summed E-state index contributed by atoms with van der Waals surface area (Å²) >= 11 is 0. The summed E-state index contributed by atoms with van der Waals surface area (Å²) in [6, 6.07) is 14.2. The Labute approximate surface area is 142 Å². The van der Waals surface area contributed by atoms with Gasteiger partial charge in [-0.1, -0.05) is 24.3 Å². The first-order valence-corrected chi connectivity index (χ1v) is 8.02. The lowest BCUT2D eigenvalue weighted by atomic mass is 10.1. The van der Waals surface area contributed by atoms with Gasteiger partial charge in [-0.2, -0.15) is 0 Å². The van der Waals surface area contributed by atoms with Crippen LogP contribution in [0.3, 0.4) is 0 Å². The number of carbonyl (C=O) groups excluding carboxylic acids is 1. The highest BCUT2D eigenvalue weighted by atomic mass is 19.1. The van der Waals surface area contributed by atoms with Crippen LogP contribution in [-0.4, -0.2) is 26.1 Å². The fourth-order valence-electron chi connectivity index (χ4n) is 2.26. The van der Waals surface area contributed by atoms with E-state index in [-0.39, 0.29) is 11.7 Å². The molecule has 0 bridgehead atoms. The maximum atomic E-state index is 12.8. The van der Waals surface area contributed by atoms with Crippen molar-refractivity contribution in [2.24, 2.45) is 0 Å². The largest absolute Gasteiger partial charge is 0.497 e. The van der Waals surface area contributed by atoms with Crippen LogP contribution in [0.4, 0.5) is 4.39 Å². The van der Waals surface area contributed by atoms with Crippen molar-refractivity contribution in [1.29, 1.82) is 0 Å². The Balaban J connectivity index is 1.56. The van der Waals surface area contributed by atoms with Crippen LogP contribution in [0, 0.1) is 5.82 Å². The molecule has 0 spiro atoms. The molecule has 5 heteroatoms. The van der Waals surface area contributed by atoms with Gasteiger partial charge < -0.3 is 15.4 Å². The summed E-state index contributed by atoms with van der Waals surface area (Å²) in [5, 5.41) is 6.08. The Morgan fingerprint density at radius 3 is 2.33 bits per heavy atom. The summed E-state index contributed by atoms with van der Waals surface area (Å²) in [6.45, 7) is 1.83. The van der Waals surface area contributed by atoms with Gasteiger partial charge in [0.2, 0.25) is 5.91 Å². The number of hydrogen-bond acceptors (Lipinski definition) is 3. The lowest BCUT2D eigenvalue weighted by molar-refractivity contribution is -0.120. The van der Waals surface area contributed by atoms with Gasteiger partial charge in [0.25, 0.3) is 0 Å². The van der Waals surface area contributed by atoms with Gasteiger partial charge in [0, 0.05) is 26.1 Å². The van der Waals surface area contributed by atoms with Crippen LogP contribution in [0.2, 0.25) is 0 Å². The van der Waals surface area contributed by atoms with Crippen molar-refractivity contribution in [3.05, 3.63) is 65.5 Å². The zero-order chi connectivity index (χ0) is 17.2. The monoisotopic (exact) mass is 330 g/mol. The third-order valence-corrected chi connectivity index (χ3v) is 3.67. The molecule has 2 N–H and O–H groups in total. The molecule has 2 aromatic carbocycles. The highest BCUT2D eigenvalue weighted by Gasteiger charge is 2.01. The number of amides is 1. The number of benzene rings is 2. The third kappa shape index (κ3) is 6.38. The minimum Gasteiger partial charge on any atom is -0.497 e. The average Bonchev–Trinajstić information content (AvgIpc) is 2.61. The van der Waals surface area contributed by atoms with Crippen LogP contribution in [-0.2, 0) is 17.8 Å². The molecule has 4 nitrogen and oxygen atoms in total. The van der Waals surface area contributed by atoms with E-state index in [1.165, 1.54) is 12.1 Å². The van der Waals surface area contributed by atoms with Crippen molar-refractivity contribution in [3.63, 3.8) is 0 Å². The summed E-state index contributed by atoms with van der Waals surface area (Å²) in [6.07, 6.45) is 1.21. The van der Waals surface area contributed by atoms with Gasteiger partial charge >= 0.3 is 0 Å². The Morgan fingerprint density at radius 2 is 1.67 bits per heavy atom. The molecule has 1 amide bonds. The van der Waals surface area contributed by atoms with E-state index in [1.54, 1.807) is 19.2 Å². The summed E-state index contributed by atoms with van der Waals surface area (Å²) in [7, 11) is 1.64. The fourth-order valence-corrected chi connectivity index (χ4v) is 2.26. The van der Waals surface area contributed by atoms with Crippen molar-refractivity contribution in [2.75, 3.05) is 20.2 Å². The molecule has 0 aliphatic carbocycles. The maximum Gasteiger partial charge on any atom is 0.221 e. The fraction of sp³-hybridized carbons (Fsp3) is 0.316. The second-order valence-electron chi connectivity index (χ2n) is 5.50. The molecule has 0 saturated carbocycles. The minimum absolute atomic E-state index is 0.0233. The Kier molecular flexibility index (Phi) is 7.23. The standard InChI is InChI=1S/C19H23FN2O2/c1-24-18-8-4-15(5-9-18)10-13-22-19(23)11-12-21-14-16-2-6-17(20)7-3-16/h2-9,21H,10-14H2,1H3,(H,22,23). The number of halogens is 1. The highest BCUT2D eigenvalue weighted by Crippen LogP contribution is 2.11. The molecule has 0 aliphatic rings. The predicted octanol–water partition coefficient (Wildman–Crippen LogP) is 2.67. The number of nitrogens with one attached hydrogen (secondary N) is 2.